The average molecular weight is 380 g/mol. The first-order chi connectivity index (χ1) is 10.6. The quantitative estimate of drug-likeness (QED) is 0.851. The number of aryl methyl sites for hydroxylation is 1. The number of benzene rings is 1. The Balaban J connectivity index is 1.74. The molecule has 1 amide bonds. The van der Waals surface area contributed by atoms with Crippen LogP contribution in [0.3, 0.4) is 0 Å². The number of piperidine rings is 1. The maximum absolute atomic E-state index is 12.3. The highest BCUT2D eigenvalue weighted by molar-refractivity contribution is 9.10. The molecule has 0 saturated carbocycles. The largest absolute Gasteiger partial charge is 0.317 e. The van der Waals surface area contributed by atoms with Gasteiger partial charge in [0.2, 0.25) is 5.91 Å². The van der Waals surface area contributed by atoms with Crippen LogP contribution >= 0.6 is 27.3 Å². The van der Waals surface area contributed by atoms with E-state index in [1.54, 1.807) is 0 Å². The van der Waals surface area contributed by atoms with Crippen LogP contribution in [0.2, 0.25) is 0 Å². The number of hydrogen-bond acceptors (Lipinski definition) is 4. The monoisotopic (exact) mass is 379 g/mol. The van der Waals surface area contributed by atoms with Crippen molar-refractivity contribution in [2.24, 2.45) is 5.92 Å². The Kier molecular flexibility index (Phi) is 4.90. The predicted molar refractivity (Wildman–Crippen MR) is 94.2 cm³/mol. The van der Waals surface area contributed by atoms with E-state index in [2.05, 4.69) is 31.5 Å². The molecule has 2 aromatic rings. The number of aromatic nitrogens is 1. The Hall–Kier alpha value is -1.24. The second-order valence-electron chi connectivity index (χ2n) is 5.44. The molecular weight excluding hydrogens is 362 g/mol. The summed E-state index contributed by atoms with van der Waals surface area (Å²) in [6.45, 7) is 3.87. The van der Waals surface area contributed by atoms with Crippen molar-refractivity contribution in [3.8, 4) is 11.3 Å². The van der Waals surface area contributed by atoms with Crippen molar-refractivity contribution in [1.82, 2.24) is 10.3 Å². The van der Waals surface area contributed by atoms with E-state index in [0.29, 0.717) is 5.13 Å². The van der Waals surface area contributed by atoms with Gasteiger partial charge in [-0.25, -0.2) is 4.98 Å². The number of carbonyl (C=O) groups excluding carboxylic acids is 1. The van der Waals surface area contributed by atoms with Gasteiger partial charge in [-0.2, -0.15) is 0 Å². The summed E-state index contributed by atoms with van der Waals surface area (Å²) in [5.41, 5.74) is 2.01. The Morgan fingerprint density at radius 3 is 2.68 bits per heavy atom. The van der Waals surface area contributed by atoms with Gasteiger partial charge in [0.15, 0.2) is 5.13 Å². The van der Waals surface area contributed by atoms with Gasteiger partial charge >= 0.3 is 0 Å². The fourth-order valence-electron chi connectivity index (χ4n) is 2.62. The normalized spacial score (nSPS) is 15.7. The first-order valence-electron chi connectivity index (χ1n) is 7.38. The molecule has 116 valence electrons. The zero-order valence-electron chi connectivity index (χ0n) is 12.4. The van der Waals surface area contributed by atoms with Crippen molar-refractivity contribution in [2.75, 3.05) is 18.4 Å². The van der Waals surface area contributed by atoms with Gasteiger partial charge in [0.25, 0.3) is 0 Å². The van der Waals surface area contributed by atoms with Crippen LogP contribution in [0.5, 0.6) is 0 Å². The van der Waals surface area contributed by atoms with E-state index in [4.69, 9.17) is 0 Å². The zero-order valence-corrected chi connectivity index (χ0v) is 14.8. The number of halogens is 1. The van der Waals surface area contributed by atoms with E-state index >= 15 is 0 Å². The third kappa shape index (κ3) is 3.56. The molecule has 1 fully saturated rings. The molecule has 1 aromatic carbocycles. The van der Waals surface area contributed by atoms with E-state index in [9.17, 15) is 4.79 Å². The summed E-state index contributed by atoms with van der Waals surface area (Å²) in [6, 6.07) is 8.07. The van der Waals surface area contributed by atoms with Gasteiger partial charge < -0.3 is 10.6 Å². The topological polar surface area (TPSA) is 54.0 Å². The molecule has 1 aromatic heterocycles. The second-order valence-corrected chi connectivity index (χ2v) is 7.56. The summed E-state index contributed by atoms with van der Waals surface area (Å²) in [6.07, 6.45) is 1.80. The maximum atomic E-state index is 12.3. The van der Waals surface area contributed by atoms with Gasteiger partial charge in [-0.1, -0.05) is 28.1 Å². The van der Waals surface area contributed by atoms with Gasteiger partial charge in [0.05, 0.1) is 5.69 Å². The fourth-order valence-corrected chi connectivity index (χ4v) is 3.72. The SMILES string of the molecule is Cc1sc(NC(=O)C2CCNCC2)nc1-c1ccc(Br)cc1. The Morgan fingerprint density at radius 2 is 2.00 bits per heavy atom. The average Bonchev–Trinajstić information content (AvgIpc) is 2.89. The summed E-state index contributed by atoms with van der Waals surface area (Å²) in [5.74, 6) is 0.194. The molecule has 22 heavy (non-hydrogen) atoms. The van der Waals surface area contributed by atoms with Crippen LogP contribution in [0.15, 0.2) is 28.7 Å². The standard InChI is InChI=1S/C16H18BrN3OS/c1-10-14(11-2-4-13(17)5-3-11)19-16(22-10)20-15(21)12-6-8-18-9-7-12/h2-5,12,18H,6-9H2,1H3,(H,19,20,21). The summed E-state index contributed by atoms with van der Waals surface area (Å²) in [5, 5.41) is 6.95. The number of thiazole rings is 1. The molecule has 2 N–H and O–H groups in total. The van der Waals surface area contributed by atoms with Crippen LogP contribution in [0, 0.1) is 12.8 Å². The number of nitrogens with one attached hydrogen (secondary N) is 2. The minimum atomic E-state index is 0.0950. The number of rotatable bonds is 3. The Morgan fingerprint density at radius 1 is 1.32 bits per heavy atom. The Bertz CT molecular complexity index is 663. The van der Waals surface area contributed by atoms with Crippen molar-refractivity contribution in [3.63, 3.8) is 0 Å². The summed E-state index contributed by atoms with van der Waals surface area (Å²) in [7, 11) is 0. The molecule has 3 rings (SSSR count). The van der Waals surface area contributed by atoms with Crippen molar-refractivity contribution in [2.45, 2.75) is 19.8 Å². The predicted octanol–water partition coefficient (Wildman–Crippen LogP) is 3.82. The van der Waals surface area contributed by atoms with E-state index < -0.39 is 0 Å². The van der Waals surface area contributed by atoms with E-state index in [1.165, 1.54) is 11.3 Å². The molecule has 0 unspecified atom stereocenters. The molecule has 1 aliphatic rings. The van der Waals surface area contributed by atoms with Gasteiger partial charge in [-0.05, 0) is 45.0 Å². The van der Waals surface area contributed by atoms with Crippen molar-refractivity contribution in [3.05, 3.63) is 33.6 Å². The van der Waals surface area contributed by atoms with Gasteiger partial charge in [-0.3, -0.25) is 4.79 Å². The number of hydrogen-bond donors (Lipinski definition) is 2. The highest BCUT2D eigenvalue weighted by atomic mass is 79.9. The summed E-state index contributed by atoms with van der Waals surface area (Å²) < 4.78 is 1.04. The van der Waals surface area contributed by atoms with Crippen LogP contribution in [-0.4, -0.2) is 24.0 Å². The van der Waals surface area contributed by atoms with Crippen molar-refractivity contribution >= 4 is 38.3 Å². The van der Waals surface area contributed by atoms with Crippen LogP contribution in [-0.2, 0) is 4.79 Å². The number of anilines is 1. The van der Waals surface area contributed by atoms with E-state index in [1.807, 2.05) is 31.2 Å². The molecule has 1 saturated heterocycles. The van der Waals surface area contributed by atoms with Gasteiger partial charge in [0, 0.05) is 20.8 Å². The molecule has 0 spiro atoms. The molecule has 0 bridgehead atoms. The first-order valence-corrected chi connectivity index (χ1v) is 8.99. The van der Waals surface area contributed by atoms with E-state index in [-0.39, 0.29) is 11.8 Å². The molecular formula is C16H18BrN3OS. The minimum Gasteiger partial charge on any atom is -0.317 e. The highest BCUT2D eigenvalue weighted by Crippen LogP contribution is 2.31. The van der Waals surface area contributed by atoms with Gasteiger partial charge in [0.1, 0.15) is 0 Å². The van der Waals surface area contributed by atoms with Crippen LogP contribution in [0.25, 0.3) is 11.3 Å². The molecule has 0 aliphatic carbocycles. The van der Waals surface area contributed by atoms with Crippen LogP contribution < -0.4 is 10.6 Å². The molecule has 1 aliphatic heterocycles. The lowest BCUT2D eigenvalue weighted by Gasteiger charge is -2.21. The third-order valence-electron chi connectivity index (χ3n) is 3.85. The molecule has 0 atom stereocenters. The molecule has 6 heteroatoms. The Labute approximate surface area is 142 Å². The van der Waals surface area contributed by atoms with Crippen molar-refractivity contribution < 1.29 is 4.79 Å². The fraction of sp³-hybridized carbons (Fsp3) is 0.375. The van der Waals surface area contributed by atoms with Crippen molar-refractivity contribution in [1.29, 1.82) is 0 Å². The maximum Gasteiger partial charge on any atom is 0.229 e. The zero-order chi connectivity index (χ0) is 15.5. The molecule has 4 nitrogen and oxygen atoms in total. The number of nitrogens with zero attached hydrogens (tertiary/aromatic N) is 1. The summed E-state index contributed by atoms with van der Waals surface area (Å²) >= 11 is 4.97. The van der Waals surface area contributed by atoms with Crippen LogP contribution in [0.1, 0.15) is 17.7 Å². The minimum absolute atomic E-state index is 0.0950. The molecule has 2 heterocycles. The lowest BCUT2D eigenvalue weighted by molar-refractivity contribution is -0.120. The van der Waals surface area contributed by atoms with Crippen LogP contribution in [0.4, 0.5) is 5.13 Å². The smallest absolute Gasteiger partial charge is 0.229 e. The number of amides is 1. The molecule has 0 radical (unpaired) electrons. The van der Waals surface area contributed by atoms with E-state index in [0.717, 1.165) is 46.5 Å². The summed E-state index contributed by atoms with van der Waals surface area (Å²) in [4.78, 5) is 18.0. The second kappa shape index (κ2) is 6.89. The lowest BCUT2D eigenvalue weighted by Crippen LogP contribution is -2.34. The van der Waals surface area contributed by atoms with Gasteiger partial charge in [-0.15, -0.1) is 11.3 Å². The highest BCUT2D eigenvalue weighted by Gasteiger charge is 2.22. The number of carbonyl (C=O) groups is 1. The lowest BCUT2D eigenvalue weighted by atomic mass is 9.97. The first kappa shape index (κ1) is 15.6. The third-order valence-corrected chi connectivity index (χ3v) is 5.27.